The summed E-state index contributed by atoms with van der Waals surface area (Å²) in [4.78, 5) is 22.7. The van der Waals surface area contributed by atoms with Crippen LogP contribution in [-0.2, 0) is 14.3 Å². The summed E-state index contributed by atoms with van der Waals surface area (Å²) in [5.74, 6) is -1.13. The number of anilines is 1. The average molecular weight is 290 g/mol. The second-order valence-electron chi connectivity index (χ2n) is 3.97. The molecule has 1 aromatic rings. The Balaban J connectivity index is 2.52. The zero-order valence-corrected chi connectivity index (χ0v) is 11.5. The molecule has 0 aliphatic carbocycles. The van der Waals surface area contributed by atoms with E-state index < -0.39 is 11.9 Å². The van der Waals surface area contributed by atoms with Crippen LogP contribution in [0.2, 0.25) is 10.0 Å². The lowest BCUT2D eigenvalue weighted by Crippen LogP contribution is -2.22. The van der Waals surface area contributed by atoms with Gasteiger partial charge in [0.25, 0.3) is 5.91 Å². The summed E-state index contributed by atoms with van der Waals surface area (Å²) in [5, 5.41) is 3.36. The van der Waals surface area contributed by atoms with Crippen molar-refractivity contribution in [2.75, 3.05) is 11.9 Å². The van der Waals surface area contributed by atoms with Gasteiger partial charge in [-0.25, -0.2) is 0 Å². The predicted octanol–water partition coefficient (Wildman–Crippen LogP) is 3.13. The zero-order valence-electron chi connectivity index (χ0n) is 10.00. The molecular formula is C12H13Cl2NO3. The van der Waals surface area contributed by atoms with Crippen LogP contribution in [0, 0.1) is 5.92 Å². The van der Waals surface area contributed by atoms with Crippen molar-refractivity contribution in [1.29, 1.82) is 0 Å². The molecule has 0 bridgehead atoms. The number of carbonyl (C=O) groups is 2. The van der Waals surface area contributed by atoms with Crippen LogP contribution < -0.4 is 5.32 Å². The number of hydrogen-bond donors (Lipinski definition) is 1. The van der Waals surface area contributed by atoms with Crippen molar-refractivity contribution in [3.63, 3.8) is 0 Å². The first kappa shape index (κ1) is 14.8. The van der Waals surface area contributed by atoms with Crippen molar-refractivity contribution < 1.29 is 14.3 Å². The normalized spacial score (nSPS) is 10.3. The minimum atomic E-state index is -0.442. The highest BCUT2D eigenvalue weighted by Gasteiger charge is 2.11. The SMILES string of the molecule is CC(C)C(=O)OCC(=O)Nc1cc(Cl)cc(Cl)c1. The quantitative estimate of drug-likeness (QED) is 0.867. The van der Waals surface area contributed by atoms with Gasteiger partial charge in [0.1, 0.15) is 0 Å². The molecule has 0 aromatic heterocycles. The molecule has 0 unspecified atom stereocenters. The third kappa shape index (κ3) is 4.94. The number of hydrogen-bond acceptors (Lipinski definition) is 3. The van der Waals surface area contributed by atoms with Crippen molar-refractivity contribution in [2.24, 2.45) is 5.92 Å². The van der Waals surface area contributed by atoms with Crippen LogP contribution in [0.15, 0.2) is 18.2 Å². The first-order valence-corrected chi connectivity index (χ1v) is 6.06. The van der Waals surface area contributed by atoms with Gasteiger partial charge in [-0.05, 0) is 18.2 Å². The summed E-state index contributed by atoms with van der Waals surface area (Å²) in [7, 11) is 0. The Bertz CT molecular complexity index is 440. The van der Waals surface area contributed by atoms with E-state index in [1.165, 1.54) is 0 Å². The summed E-state index contributed by atoms with van der Waals surface area (Å²) in [6.07, 6.45) is 0. The molecule has 98 valence electrons. The lowest BCUT2D eigenvalue weighted by atomic mass is 10.2. The Kier molecular flexibility index (Phi) is 5.44. The van der Waals surface area contributed by atoms with E-state index in [-0.39, 0.29) is 12.5 Å². The maximum Gasteiger partial charge on any atom is 0.308 e. The molecule has 1 rings (SSSR count). The molecular weight excluding hydrogens is 277 g/mol. The number of benzene rings is 1. The van der Waals surface area contributed by atoms with E-state index in [0.717, 1.165) is 0 Å². The summed E-state index contributed by atoms with van der Waals surface area (Å²) in [5.41, 5.74) is 0.457. The van der Waals surface area contributed by atoms with Gasteiger partial charge < -0.3 is 10.1 Å². The van der Waals surface area contributed by atoms with E-state index in [2.05, 4.69) is 5.32 Å². The Hall–Kier alpha value is -1.26. The maximum atomic E-state index is 11.5. The highest BCUT2D eigenvalue weighted by molar-refractivity contribution is 6.35. The van der Waals surface area contributed by atoms with E-state index >= 15 is 0 Å². The number of esters is 1. The van der Waals surface area contributed by atoms with Crippen molar-refractivity contribution in [3.8, 4) is 0 Å². The number of ether oxygens (including phenoxy) is 1. The fourth-order valence-electron chi connectivity index (χ4n) is 1.13. The second kappa shape index (κ2) is 6.61. The van der Waals surface area contributed by atoms with E-state index in [4.69, 9.17) is 27.9 Å². The molecule has 0 saturated carbocycles. The summed E-state index contributed by atoms with van der Waals surface area (Å²) < 4.78 is 4.78. The zero-order chi connectivity index (χ0) is 13.7. The summed E-state index contributed by atoms with van der Waals surface area (Å²) in [6.45, 7) is 3.05. The molecule has 6 heteroatoms. The van der Waals surface area contributed by atoms with Crippen LogP contribution >= 0.6 is 23.2 Å². The van der Waals surface area contributed by atoms with Gasteiger partial charge in [0.15, 0.2) is 6.61 Å². The van der Waals surface area contributed by atoms with Crippen LogP contribution in [0.25, 0.3) is 0 Å². The third-order valence-corrected chi connectivity index (χ3v) is 2.40. The number of amides is 1. The van der Waals surface area contributed by atoms with Gasteiger partial charge in [0.2, 0.25) is 0 Å². The van der Waals surface area contributed by atoms with Crippen LogP contribution in [-0.4, -0.2) is 18.5 Å². The average Bonchev–Trinajstić information content (AvgIpc) is 2.24. The van der Waals surface area contributed by atoms with Gasteiger partial charge in [-0.1, -0.05) is 37.0 Å². The van der Waals surface area contributed by atoms with Crippen LogP contribution in [0.4, 0.5) is 5.69 Å². The van der Waals surface area contributed by atoms with Crippen LogP contribution in [0.5, 0.6) is 0 Å². The predicted molar refractivity (Wildman–Crippen MR) is 70.9 cm³/mol. The number of halogens is 2. The van der Waals surface area contributed by atoms with E-state index in [9.17, 15) is 9.59 Å². The molecule has 1 N–H and O–H groups in total. The molecule has 1 aromatic carbocycles. The van der Waals surface area contributed by atoms with Gasteiger partial charge in [0, 0.05) is 15.7 Å². The molecule has 0 radical (unpaired) electrons. The summed E-state index contributed by atoms with van der Waals surface area (Å²) in [6, 6.07) is 4.66. The van der Waals surface area contributed by atoms with E-state index in [0.29, 0.717) is 15.7 Å². The van der Waals surface area contributed by atoms with Gasteiger partial charge in [-0.2, -0.15) is 0 Å². The van der Waals surface area contributed by atoms with Crippen LogP contribution in [0.3, 0.4) is 0 Å². The standard InChI is InChI=1S/C12H13Cl2NO3/c1-7(2)12(17)18-6-11(16)15-10-4-8(13)3-9(14)5-10/h3-5,7H,6H2,1-2H3,(H,15,16). The van der Waals surface area contributed by atoms with Crippen LogP contribution in [0.1, 0.15) is 13.8 Å². The Morgan fingerprint density at radius 2 is 1.78 bits per heavy atom. The fourth-order valence-corrected chi connectivity index (χ4v) is 1.65. The number of rotatable bonds is 4. The second-order valence-corrected chi connectivity index (χ2v) is 4.84. The molecule has 0 saturated heterocycles. The Morgan fingerprint density at radius 1 is 1.22 bits per heavy atom. The molecule has 0 aliphatic rings. The van der Waals surface area contributed by atoms with Crippen molar-refractivity contribution in [1.82, 2.24) is 0 Å². The highest BCUT2D eigenvalue weighted by Crippen LogP contribution is 2.22. The first-order valence-electron chi connectivity index (χ1n) is 5.31. The monoisotopic (exact) mass is 289 g/mol. The third-order valence-electron chi connectivity index (χ3n) is 1.96. The summed E-state index contributed by atoms with van der Waals surface area (Å²) >= 11 is 11.6. The highest BCUT2D eigenvalue weighted by atomic mass is 35.5. The lowest BCUT2D eigenvalue weighted by Gasteiger charge is -2.08. The van der Waals surface area contributed by atoms with Gasteiger partial charge in [-0.3, -0.25) is 9.59 Å². The topological polar surface area (TPSA) is 55.4 Å². The van der Waals surface area contributed by atoms with Gasteiger partial charge in [-0.15, -0.1) is 0 Å². The van der Waals surface area contributed by atoms with Crippen molar-refractivity contribution in [2.45, 2.75) is 13.8 Å². The first-order chi connectivity index (χ1) is 8.38. The minimum Gasteiger partial charge on any atom is -0.455 e. The minimum absolute atomic E-state index is 0.265. The molecule has 0 heterocycles. The smallest absolute Gasteiger partial charge is 0.308 e. The number of carbonyl (C=O) groups excluding carboxylic acids is 2. The maximum absolute atomic E-state index is 11.5. The van der Waals surface area contributed by atoms with Gasteiger partial charge in [0.05, 0.1) is 5.92 Å². The van der Waals surface area contributed by atoms with E-state index in [1.54, 1.807) is 32.0 Å². The molecule has 0 atom stereocenters. The van der Waals surface area contributed by atoms with Crippen molar-refractivity contribution >= 4 is 40.8 Å². The Labute approximate surface area is 115 Å². The Morgan fingerprint density at radius 3 is 2.28 bits per heavy atom. The van der Waals surface area contributed by atoms with Gasteiger partial charge >= 0.3 is 5.97 Å². The van der Waals surface area contributed by atoms with E-state index in [1.807, 2.05) is 0 Å². The molecule has 1 amide bonds. The van der Waals surface area contributed by atoms with Crippen molar-refractivity contribution in [3.05, 3.63) is 28.2 Å². The molecule has 4 nitrogen and oxygen atoms in total. The molecule has 0 spiro atoms. The fraction of sp³-hybridized carbons (Fsp3) is 0.333. The largest absolute Gasteiger partial charge is 0.455 e. The molecule has 18 heavy (non-hydrogen) atoms. The molecule has 0 aliphatic heterocycles. The number of nitrogens with one attached hydrogen (secondary N) is 1. The molecule has 0 fully saturated rings. The lowest BCUT2D eigenvalue weighted by molar-refractivity contribution is -0.150.